The van der Waals surface area contributed by atoms with Crippen LogP contribution in [0, 0.1) is 17.6 Å². The van der Waals surface area contributed by atoms with Crippen LogP contribution < -0.4 is 4.74 Å². The molecular formula is C27H24F4O3. The molecule has 1 saturated heterocycles. The lowest BCUT2D eigenvalue weighted by Crippen LogP contribution is -2.27. The Labute approximate surface area is 195 Å². The summed E-state index contributed by atoms with van der Waals surface area (Å²) >= 11 is 0. The van der Waals surface area contributed by atoms with E-state index in [1.807, 2.05) is 6.08 Å². The van der Waals surface area contributed by atoms with Crippen LogP contribution in [-0.4, -0.2) is 13.2 Å². The van der Waals surface area contributed by atoms with Crippen molar-refractivity contribution in [2.75, 3.05) is 13.2 Å². The van der Waals surface area contributed by atoms with Crippen LogP contribution in [0.4, 0.5) is 17.6 Å². The van der Waals surface area contributed by atoms with Gasteiger partial charge in [0, 0.05) is 11.5 Å². The van der Waals surface area contributed by atoms with E-state index in [4.69, 9.17) is 14.2 Å². The first-order valence-corrected chi connectivity index (χ1v) is 10.9. The maximum absolute atomic E-state index is 14.7. The molecule has 0 aliphatic carbocycles. The second-order valence-electron chi connectivity index (χ2n) is 8.12. The van der Waals surface area contributed by atoms with E-state index in [9.17, 15) is 17.6 Å². The lowest BCUT2D eigenvalue weighted by Gasteiger charge is -2.29. The van der Waals surface area contributed by atoms with Gasteiger partial charge in [0.05, 0.1) is 18.8 Å². The monoisotopic (exact) mass is 472 g/mol. The van der Waals surface area contributed by atoms with Crippen LogP contribution in [0.5, 0.6) is 5.75 Å². The molecule has 0 saturated carbocycles. The molecule has 0 atom stereocenters. The Morgan fingerprint density at radius 3 is 2.12 bits per heavy atom. The van der Waals surface area contributed by atoms with Gasteiger partial charge in [0.2, 0.25) is 0 Å². The molecule has 0 spiro atoms. The summed E-state index contributed by atoms with van der Waals surface area (Å²) in [6.45, 7) is 4.56. The quantitative estimate of drug-likeness (QED) is 0.253. The minimum Gasteiger partial charge on any atom is -0.429 e. The third-order valence-corrected chi connectivity index (χ3v) is 5.60. The van der Waals surface area contributed by atoms with Crippen molar-refractivity contribution in [3.8, 4) is 16.9 Å². The van der Waals surface area contributed by atoms with Gasteiger partial charge >= 0.3 is 6.11 Å². The second kappa shape index (κ2) is 10.4. The predicted octanol–water partition coefficient (Wildman–Crippen LogP) is 7.39. The van der Waals surface area contributed by atoms with Crippen molar-refractivity contribution in [2.24, 2.45) is 5.92 Å². The van der Waals surface area contributed by atoms with Gasteiger partial charge in [0.15, 0.2) is 6.29 Å². The van der Waals surface area contributed by atoms with Crippen molar-refractivity contribution < 1.29 is 31.8 Å². The van der Waals surface area contributed by atoms with Crippen LogP contribution in [0.1, 0.15) is 30.3 Å². The molecule has 1 aliphatic heterocycles. The molecule has 0 bridgehead atoms. The summed E-state index contributed by atoms with van der Waals surface area (Å²) in [6.07, 6.45) is -1.17. The third kappa shape index (κ3) is 5.66. The zero-order valence-corrected chi connectivity index (χ0v) is 18.4. The van der Waals surface area contributed by atoms with Crippen LogP contribution in [0.15, 0.2) is 79.4 Å². The van der Waals surface area contributed by atoms with Crippen LogP contribution in [0.2, 0.25) is 0 Å². The van der Waals surface area contributed by atoms with E-state index in [0.717, 1.165) is 30.5 Å². The Balaban J connectivity index is 1.42. The SMILES string of the molecule is C=CCCC1COC(c2ccc(C(F)(F)Oc3ccc(-c4ccc(F)cc4)cc3)c(F)c2)OC1. The minimum absolute atomic E-state index is 0.135. The standard InChI is InChI=1S/C27H24F4O3/c1-2-3-4-18-16-32-26(33-17-18)21-9-14-24(25(29)15-21)27(30,31)34-23-12-7-20(8-13-23)19-5-10-22(28)11-6-19/h2,5-15,18,26H,1,3-4,16-17H2. The molecule has 0 N–H and O–H groups in total. The van der Waals surface area contributed by atoms with Crippen LogP contribution in [0.25, 0.3) is 11.1 Å². The van der Waals surface area contributed by atoms with Gasteiger partial charge < -0.3 is 14.2 Å². The van der Waals surface area contributed by atoms with Gasteiger partial charge in [-0.25, -0.2) is 8.78 Å². The number of ether oxygens (including phenoxy) is 3. The number of halogens is 4. The van der Waals surface area contributed by atoms with Gasteiger partial charge in [0.25, 0.3) is 0 Å². The molecule has 0 radical (unpaired) electrons. The van der Waals surface area contributed by atoms with Crippen molar-refractivity contribution in [3.63, 3.8) is 0 Å². The molecule has 178 valence electrons. The van der Waals surface area contributed by atoms with Crippen molar-refractivity contribution in [1.82, 2.24) is 0 Å². The zero-order chi connectivity index (χ0) is 24.1. The zero-order valence-electron chi connectivity index (χ0n) is 18.4. The molecule has 3 nitrogen and oxygen atoms in total. The van der Waals surface area contributed by atoms with Gasteiger partial charge in [-0.3, -0.25) is 0 Å². The van der Waals surface area contributed by atoms with E-state index in [1.54, 1.807) is 24.3 Å². The van der Waals surface area contributed by atoms with E-state index in [2.05, 4.69) is 6.58 Å². The highest BCUT2D eigenvalue weighted by Crippen LogP contribution is 2.36. The highest BCUT2D eigenvalue weighted by molar-refractivity contribution is 5.64. The van der Waals surface area contributed by atoms with E-state index < -0.39 is 23.8 Å². The summed E-state index contributed by atoms with van der Waals surface area (Å²) < 4.78 is 73.3. The second-order valence-corrected chi connectivity index (χ2v) is 8.12. The summed E-state index contributed by atoms with van der Waals surface area (Å²) in [5.74, 6) is -1.41. The molecule has 0 unspecified atom stereocenters. The van der Waals surface area contributed by atoms with Crippen molar-refractivity contribution in [3.05, 3.63) is 102 Å². The maximum atomic E-state index is 14.7. The number of benzene rings is 3. The molecule has 7 heteroatoms. The lowest BCUT2D eigenvalue weighted by atomic mass is 10.0. The third-order valence-electron chi connectivity index (χ3n) is 5.60. The van der Waals surface area contributed by atoms with Gasteiger partial charge in [-0.15, -0.1) is 6.58 Å². The average molecular weight is 472 g/mol. The average Bonchev–Trinajstić information content (AvgIpc) is 2.83. The fraction of sp³-hybridized carbons (Fsp3) is 0.259. The summed E-state index contributed by atoms with van der Waals surface area (Å²) in [4.78, 5) is 0. The lowest BCUT2D eigenvalue weighted by molar-refractivity contribution is -0.206. The van der Waals surface area contributed by atoms with Crippen LogP contribution in [0.3, 0.4) is 0 Å². The molecule has 3 aromatic carbocycles. The van der Waals surface area contributed by atoms with E-state index >= 15 is 0 Å². The number of alkyl halides is 2. The fourth-order valence-corrected chi connectivity index (χ4v) is 3.73. The summed E-state index contributed by atoms with van der Waals surface area (Å²) in [5, 5.41) is 0. The molecule has 34 heavy (non-hydrogen) atoms. The van der Waals surface area contributed by atoms with Gasteiger partial charge in [-0.05, 0) is 60.4 Å². The van der Waals surface area contributed by atoms with Crippen LogP contribution >= 0.6 is 0 Å². The smallest absolute Gasteiger partial charge is 0.429 e. The number of hydrogen-bond acceptors (Lipinski definition) is 3. The largest absolute Gasteiger partial charge is 0.429 e. The van der Waals surface area contributed by atoms with Crippen molar-refractivity contribution in [1.29, 1.82) is 0 Å². The Morgan fingerprint density at radius 1 is 0.912 bits per heavy atom. The Hall–Kier alpha value is -3.16. The molecule has 0 aromatic heterocycles. The van der Waals surface area contributed by atoms with Gasteiger partial charge in [-0.1, -0.05) is 36.4 Å². The van der Waals surface area contributed by atoms with E-state index in [-0.39, 0.29) is 17.5 Å². The molecule has 1 heterocycles. The Bertz CT molecular complexity index is 1110. The minimum atomic E-state index is -3.90. The highest BCUT2D eigenvalue weighted by Gasteiger charge is 2.38. The topological polar surface area (TPSA) is 27.7 Å². The molecule has 0 amide bonds. The highest BCUT2D eigenvalue weighted by atomic mass is 19.3. The van der Waals surface area contributed by atoms with Crippen molar-refractivity contribution in [2.45, 2.75) is 25.2 Å². The van der Waals surface area contributed by atoms with Crippen molar-refractivity contribution >= 4 is 0 Å². The molecule has 1 aliphatic rings. The summed E-state index contributed by atoms with van der Waals surface area (Å²) in [7, 11) is 0. The van der Waals surface area contributed by atoms with E-state index in [0.29, 0.717) is 24.3 Å². The summed E-state index contributed by atoms with van der Waals surface area (Å²) in [6, 6.07) is 14.9. The molecular weight excluding hydrogens is 448 g/mol. The first kappa shape index (κ1) is 24.0. The molecule has 3 aromatic rings. The molecule has 4 rings (SSSR count). The first-order chi connectivity index (χ1) is 16.4. The predicted molar refractivity (Wildman–Crippen MR) is 120 cm³/mol. The Kier molecular flexibility index (Phi) is 7.34. The van der Waals surface area contributed by atoms with Gasteiger partial charge in [-0.2, -0.15) is 8.78 Å². The number of hydrogen-bond donors (Lipinski definition) is 0. The van der Waals surface area contributed by atoms with E-state index in [1.165, 1.54) is 30.3 Å². The number of allylic oxidation sites excluding steroid dienone is 1. The Morgan fingerprint density at radius 2 is 1.53 bits per heavy atom. The fourth-order valence-electron chi connectivity index (χ4n) is 3.73. The molecule has 1 fully saturated rings. The first-order valence-electron chi connectivity index (χ1n) is 10.9. The van der Waals surface area contributed by atoms with Crippen LogP contribution in [-0.2, 0) is 15.6 Å². The van der Waals surface area contributed by atoms with Gasteiger partial charge in [0.1, 0.15) is 17.4 Å². The normalized spacial score (nSPS) is 18.5. The number of rotatable bonds is 8. The maximum Gasteiger partial charge on any atom is 0.429 e. The summed E-state index contributed by atoms with van der Waals surface area (Å²) in [5.41, 5.74) is 0.854.